The lowest BCUT2D eigenvalue weighted by Crippen LogP contribution is -2.48. The molecule has 1 spiro atoms. The fourth-order valence-electron chi connectivity index (χ4n) is 6.40. The number of benzene rings is 2. The molecule has 1 atom stereocenters. The van der Waals surface area contributed by atoms with E-state index in [0.717, 1.165) is 39.0 Å². The average molecular weight is 373 g/mol. The second-order valence-electron chi connectivity index (χ2n) is 9.30. The SMILES string of the molecule is O=C1C(CN2CCC3(CCc4ccccc43)CC2)Cc2cccc3c2N1CC3. The average Bonchev–Trinajstić information content (AvgIpc) is 3.32. The fraction of sp³-hybridized carbons (Fsp3) is 0.480. The summed E-state index contributed by atoms with van der Waals surface area (Å²) in [6.45, 7) is 4.06. The molecule has 1 saturated heterocycles. The van der Waals surface area contributed by atoms with Crippen LogP contribution in [0, 0.1) is 5.92 Å². The summed E-state index contributed by atoms with van der Waals surface area (Å²) in [5.41, 5.74) is 7.58. The highest BCUT2D eigenvalue weighted by Gasteiger charge is 2.42. The van der Waals surface area contributed by atoms with E-state index in [1.165, 1.54) is 42.5 Å². The van der Waals surface area contributed by atoms with E-state index in [4.69, 9.17) is 0 Å². The lowest BCUT2D eigenvalue weighted by molar-refractivity contribution is -0.123. The van der Waals surface area contributed by atoms with E-state index in [-0.39, 0.29) is 5.92 Å². The molecule has 28 heavy (non-hydrogen) atoms. The number of carbonyl (C=O) groups excluding carboxylic acids is 1. The molecule has 0 N–H and O–H groups in total. The zero-order valence-corrected chi connectivity index (χ0v) is 16.5. The van der Waals surface area contributed by atoms with Crippen LogP contribution in [-0.4, -0.2) is 37.0 Å². The van der Waals surface area contributed by atoms with E-state index in [1.807, 2.05) is 0 Å². The van der Waals surface area contributed by atoms with Crippen molar-refractivity contribution in [3.63, 3.8) is 0 Å². The minimum Gasteiger partial charge on any atom is -0.311 e. The summed E-state index contributed by atoms with van der Waals surface area (Å²) in [5.74, 6) is 0.495. The highest BCUT2D eigenvalue weighted by Crippen LogP contribution is 2.46. The highest BCUT2D eigenvalue weighted by molar-refractivity contribution is 6.00. The summed E-state index contributed by atoms with van der Waals surface area (Å²) in [5, 5.41) is 0. The Kier molecular flexibility index (Phi) is 3.71. The van der Waals surface area contributed by atoms with Gasteiger partial charge in [-0.15, -0.1) is 0 Å². The Bertz CT molecular complexity index is 941. The molecule has 0 saturated carbocycles. The summed E-state index contributed by atoms with van der Waals surface area (Å²) >= 11 is 0. The Labute approximate surface area is 167 Å². The van der Waals surface area contributed by atoms with Crippen molar-refractivity contribution in [2.45, 2.75) is 43.9 Å². The van der Waals surface area contributed by atoms with Gasteiger partial charge in [0.2, 0.25) is 5.91 Å². The summed E-state index contributed by atoms with van der Waals surface area (Å²) in [6, 6.07) is 15.7. The van der Waals surface area contributed by atoms with Crippen LogP contribution in [0.25, 0.3) is 0 Å². The van der Waals surface area contributed by atoms with Crippen LogP contribution in [0.1, 0.15) is 41.5 Å². The number of fused-ring (bicyclic) bond motifs is 2. The largest absolute Gasteiger partial charge is 0.311 e. The summed E-state index contributed by atoms with van der Waals surface area (Å²) < 4.78 is 0. The molecular formula is C25H28N2O. The third-order valence-electron chi connectivity index (χ3n) is 7.91. The maximum atomic E-state index is 13.1. The van der Waals surface area contributed by atoms with Crippen LogP contribution in [0.3, 0.4) is 0 Å². The quantitative estimate of drug-likeness (QED) is 0.802. The van der Waals surface area contributed by atoms with Crippen molar-refractivity contribution in [1.82, 2.24) is 4.90 Å². The minimum atomic E-state index is 0.130. The molecule has 4 aliphatic rings. The van der Waals surface area contributed by atoms with Crippen LogP contribution in [0.4, 0.5) is 5.69 Å². The second-order valence-corrected chi connectivity index (χ2v) is 9.30. The minimum absolute atomic E-state index is 0.130. The first-order valence-electron chi connectivity index (χ1n) is 11.0. The molecule has 1 fully saturated rings. The number of carbonyl (C=O) groups is 1. The molecule has 144 valence electrons. The fourth-order valence-corrected chi connectivity index (χ4v) is 6.40. The first-order chi connectivity index (χ1) is 13.7. The van der Waals surface area contributed by atoms with Gasteiger partial charge in [-0.25, -0.2) is 0 Å². The molecule has 6 rings (SSSR count). The molecule has 0 aromatic heterocycles. The Balaban J connectivity index is 1.17. The monoisotopic (exact) mass is 372 g/mol. The van der Waals surface area contributed by atoms with Crippen molar-refractivity contribution in [1.29, 1.82) is 0 Å². The smallest absolute Gasteiger partial charge is 0.231 e. The van der Waals surface area contributed by atoms with Gasteiger partial charge < -0.3 is 9.80 Å². The first-order valence-corrected chi connectivity index (χ1v) is 11.0. The number of piperidine rings is 1. The van der Waals surface area contributed by atoms with Gasteiger partial charge >= 0.3 is 0 Å². The van der Waals surface area contributed by atoms with E-state index in [2.05, 4.69) is 52.3 Å². The number of likely N-dealkylation sites (tertiary alicyclic amines) is 1. The van der Waals surface area contributed by atoms with Gasteiger partial charge in [-0.2, -0.15) is 0 Å². The molecule has 1 unspecified atom stereocenters. The predicted molar refractivity (Wildman–Crippen MR) is 112 cm³/mol. The van der Waals surface area contributed by atoms with Crippen molar-refractivity contribution >= 4 is 11.6 Å². The summed E-state index contributed by atoms with van der Waals surface area (Å²) in [4.78, 5) is 17.8. The van der Waals surface area contributed by atoms with Gasteiger partial charge in [-0.3, -0.25) is 4.79 Å². The molecule has 3 aliphatic heterocycles. The molecule has 1 amide bonds. The lowest BCUT2D eigenvalue weighted by Gasteiger charge is -2.42. The maximum Gasteiger partial charge on any atom is 0.231 e. The zero-order valence-electron chi connectivity index (χ0n) is 16.5. The molecule has 1 aliphatic carbocycles. The Morgan fingerprint density at radius 2 is 1.64 bits per heavy atom. The van der Waals surface area contributed by atoms with Crippen LogP contribution in [-0.2, 0) is 29.5 Å². The number of rotatable bonds is 2. The van der Waals surface area contributed by atoms with Crippen molar-refractivity contribution < 1.29 is 4.79 Å². The van der Waals surface area contributed by atoms with Gasteiger partial charge in [0.05, 0.1) is 11.6 Å². The number of para-hydroxylation sites is 1. The number of aryl methyl sites for hydroxylation is 1. The van der Waals surface area contributed by atoms with Crippen LogP contribution in [0.5, 0.6) is 0 Å². The van der Waals surface area contributed by atoms with E-state index >= 15 is 0 Å². The van der Waals surface area contributed by atoms with Crippen LogP contribution >= 0.6 is 0 Å². The van der Waals surface area contributed by atoms with Gasteiger partial charge in [-0.05, 0) is 79.3 Å². The number of hydrogen-bond donors (Lipinski definition) is 0. The van der Waals surface area contributed by atoms with E-state index in [9.17, 15) is 4.79 Å². The standard InChI is InChI=1S/C25H28N2O/c28-24-21(16-20-6-3-5-19-9-13-27(24)23(19)20)17-26-14-11-25(12-15-26)10-8-18-4-1-2-7-22(18)25/h1-7,21H,8-17H2. The molecule has 3 heterocycles. The molecular weight excluding hydrogens is 344 g/mol. The zero-order chi connectivity index (χ0) is 18.7. The van der Waals surface area contributed by atoms with Crippen LogP contribution < -0.4 is 4.90 Å². The van der Waals surface area contributed by atoms with Crippen molar-refractivity contribution in [3.05, 3.63) is 64.7 Å². The number of nitrogens with zero attached hydrogens (tertiary/aromatic N) is 2. The van der Waals surface area contributed by atoms with E-state index in [0.29, 0.717) is 11.3 Å². The maximum absolute atomic E-state index is 13.1. The lowest BCUT2D eigenvalue weighted by atomic mass is 9.73. The third kappa shape index (κ3) is 2.42. The topological polar surface area (TPSA) is 23.6 Å². The van der Waals surface area contributed by atoms with Crippen molar-refractivity contribution in [2.75, 3.05) is 31.1 Å². The Hall–Kier alpha value is -2.13. The molecule has 0 bridgehead atoms. The van der Waals surface area contributed by atoms with Gasteiger partial charge in [0.1, 0.15) is 0 Å². The molecule has 0 radical (unpaired) electrons. The summed E-state index contributed by atoms with van der Waals surface area (Å²) in [6.07, 6.45) is 6.98. The normalized spacial score (nSPS) is 25.2. The van der Waals surface area contributed by atoms with Gasteiger partial charge in [0, 0.05) is 13.1 Å². The molecule has 2 aromatic rings. The van der Waals surface area contributed by atoms with Gasteiger partial charge in [0.15, 0.2) is 0 Å². The highest BCUT2D eigenvalue weighted by atomic mass is 16.2. The number of anilines is 1. The van der Waals surface area contributed by atoms with E-state index in [1.54, 1.807) is 11.1 Å². The predicted octanol–water partition coefficient (Wildman–Crippen LogP) is 3.73. The van der Waals surface area contributed by atoms with Gasteiger partial charge in [0.25, 0.3) is 0 Å². The van der Waals surface area contributed by atoms with Crippen molar-refractivity contribution in [2.24, 2.45) is 5.92 Å². The van der Waals surface area contributed by atoms with E-state index < -0.39 is 0 Å². The summed E-state index contributed by atoms with van der Waals surface area (Å²) in [7, 11) is 0. The van der Waals surface area contributed by atoms with Crippen LogP contribution in [0.2, 0.25) is 0 Å². The first kappa shape index (κ1) is 16.8. The Morgan fingerprint density at radius 3 is 2.54 bits per heavy atom. The van der Waals surface area contributed by atoms with Crippen LogP contribution in [0.15, 0.2) is 42.5 Å². The second kappa shape index (κ2) is 6.18. The van der Waals surface area contributed by atoms with Crippen molar-refractivity contribution in [3.8, 4) is 0 Å². The number of amides is 1. The third-order valence-corrected chi connectivity index (χ3v) is 7.91. The molecule has 2 aromatic carbocycles. The number of hydrogen-bond acceptors (Lipinski definition) is 2. The van der Waals surface area contributed by atoms with Gasteiger partial charge in [-0.1, -0.05) is 42.5 Å². The molecule has 3 nitrogen and oxygen atoms in total. The molecule has 3 heteroatoms. The Morgan fingerprint density at radius 1 is 0.857 bits per heavy atom.